The Morgan fingerprint density at radius 2 is 1.81 bits per heavy atom. The summed E-state index contributed by atoms with van der Waals surface area (Å²) in [5, 5.41) is 8.90. The van der Waals surface area contributed by atoms with Crippen LogP contribution in [0.15, 0.2) is 53.7 Å². The Bertz CT molecular complexity index is 1150. The normalized spacial score (nSPS) is 17.5. The molecule has 32 heavy (non-hydrogen) atoms. The quantitative estimate of drug-likeness (QED) is 0.535. The second kappa shape index (κ2) is 9.70. The predicted octanol–water partition coefficient (Wildman–Crippen LogP) is 3.64. The molecule has 2 aromatic carbocycles. The highest BCUT2D eigenvalue weighted by Gasteiger charge is 2.30. The molecule has 2 unspecified atom stereocenters. The lowest BCUT2D eigenvalue weighted by atomic mass is 10.1. The SMILES string of the molecule is Cc1ccc(CS(=O)(=O)c2nnc(C(N)Cc3ccc(Cl)cc3)n2CC2CCCO2)cc1. The molecule has 170 valence electrons. The zero-order chi connectivity index (χ0) is 22.7. The van der Waals surface area contributed by atoms with Gasteiger partial charge in [0.1, 0.15) is 0 Å². The first kappa shape index (κ1) is 22.9. The Labute approximate surface area is 193 Å². The van der Waals surface area contributed by atoms with Crippen LogP contribution in [0.25, 0.3) is 0 Å². The molecule has 0 spiro atoms. The van der Waals surface area contributed by atoms with E-state index in [0.29, 0.717) is 36.0 Å². The van der Waals surface area contributed by atoms with Gasteiger partial charge in [0.15, 0.2) is 5.82 Å². The average molecular weight is 475 g/mol. The topological polar surface area (TPSA) is 100 Å². The van der Waals surface area contributed by atoms with Crippen LogP contribution in [0.5, 0.6) is 0 Å². The number of nitrogens with zero attached hydrogens (tertiary/aromatic N) is 3. The highest BCUT2D eigenvalue weighted by atomic mass is 35.5. The van der Waals surface area contributed by atoms with Crippen molar-refractivity contribution in [2.24, 2.45) is 5.73 Å². The standard InChI is InChI=1S/C23H27ClN4O3S/c1-16-4-6-18(7-5-16)15-32(29,30)23-27-26-22(28(23)14-20-3-2-12-31-20)21(25)13-17-8-10-19(24)11-9-17/h4-11,20-21H,2-3,12-15,25H2,1H3. The van der Waals surface area contributed by atoms with E-state index in [1.165, 1.54) is 0 Å². The number of aryl methyl sites for hydroxylation is 1. The van der Waals surface area contributed by atoms with E-state index in [-0.39, 0.29) is 17.0 Å². The zero-order valence-corrected chi connectivity index (χ0v) is 19.5. The van der Waals surface area contributed by atoms with Gasteiger partial charge >= 0.3 is 0 Å². The van der Waals surface area contributed by atoms with E-state index in [9.17, 15) is 8.42 Å². The fourth-order valence-corrected chi connectivity index (χ4v) is 5.46. The second-order valence-corrected chi connectivity index (χ2v) is 10.6. The number of sulfone groups is 1. The molecule has 0 saturated carbocycles. The molecule has 7 nitrogen and oxygen atoms in total. The lowest BCUT2D eigenvalue weighted by Crippen LogP contribution is -2.25. The van der Waals surface area contributed by atoms with E-state index < -0.39 is 15.9 Å². The predicted molar refractivity (Wildman–Crippen MR) is 123 cm³/mol. The number of benzene rings is 2. The Kier molecular flexibility index (Phi) is 6.95. The van der Waals surface area contributed by atoms with E-state index in [1.54, 1.807) is 16.7 Å². The first-order chi connectivity index (χ1) is 15.3. The first-order valence-electron chi connectivity index (χ1n) is 10.6. The molecule has 2 heterocycles. The van der Waals surface area contributed by atoms with Crippen LogP contribution in [0.4, 0.5) is 0 Å². The van der Waals surface area contributed by atoms with Gasteiger partial charge in [-0.25, -0.2) is 8.42 Å². The summed E-state index contributed by atoms with van der Waals surface area (Å²) in [6.45, 7) is 2.99. The third-order valence-corrected chi connectivity index (χ3v) is 7.44. The molecule has 3 aromatic rings. The number of ether oxygens (including phenoxy) is 1. The molecular weight excluding hydrogens is 448 g/mol. The van der Waals surface area contributed by atoms with Crippen molar-refractivity contribution in [2.45, 2.75) is 55.8 Å². The minimum absolute atomic E-state index is 0.0601. The van der Waals surface area contributed by atoms with Crippen molar-refractivity contribution in [2.75, 3.05) is 6.61 Å². The minimum Gasteiger partial charge on any atom is -0.376 e. The molecule has 0 amide bonds. The molecule has 2 atom stereocenters. The number of hydrogen-bond donors (Lipinski definition) is 1. The Balaban J connectivity index is 1.64. The van der Waals surface area contributed by atoms with Crippen molar-refractivity contribution >= 4 is 21.4 Å². The van der Waals surface area contributed by atoms with Gasteiger partial charge in [-0.1, -0.05) is 53.6 Å². The van der Waals surface area contributed by atoms with E-state index in [1.807, 2.05) is 43.3 Å². The highest BCUT2D eigenvalue weighted by Crippen LogP contribution is 2.24. The van der Waals surface area contributed by atoms with Gasteiger partial charge in [-0.15, -0.1) is 10.2 Å². The van der Waals surface area contributed by atoms with Crippen LogP contribution in [-0.2, 0) is 33.3 Å². The molecule has 2 N–H and O–H groups in total. The highest BCUT2D eigenvalue weighted by molar-refractivity contribution is 7.90. The van der Waals surface area contributed by atoms with Gasteiger partial charge in [-0.2, -0.15) is 0 Å². The Hall–Kier alpha value is -2.26. The van der Waals surface area contributed by atoms with Crippen LogP contribution in [0.3, 0.4) is 0 Å². The van der Waals surface area contributed by atoms with Crippen molar-refractivity contribution in [3.63, 3.8) is 0 Å². The molecule has 1 aliphatic heterocycles. The third-order valence-electron chi connectivity index (χ3n) is 5.61. The van der Waals surface area contributed by atoms with Crippen LogP contribution in [0, 0.1) is 6.92 Å². The van der Waals surface area contributed by atoms with Crippen LogP contribution >= 0.6 is 11.6 Å². The van der Waals surface area contributed by atoms with E-state index in [0.717, 1.165) is 24.0 Å². The van der Waals surface area contributed by atoms with Crippen LogP contribution in [-0.4, -0.2) is 35.9 Å². The number of rotatable bonds is 8. The molecule has 1 fully saturated rings. The maximum absolute atomic E-state index is 13.3. The lowest BCUT2D eigenvalue weighted by molar-refractivity contribution is 0.0937. The number of aromatic nitrogens is 3. The van der Waals surface area contributed by atoms with Crippen molar-refractivity contribution in [1.29, 1.82) is 0 Å². The number of hydrogen-bond acceptors (Lipinski definition) is 6. The average Bonchev–Trinajstić information content (AvgIpc) is 3.42. The van der Waals surface area contributed by atoms with Crippen LogP contribution < -0.4 is 5.73 Å². The fourth-order valence-electron chi connectivity index (χ4n) is 3.90. The second-order valence-electron chi connectivity index (χ2n) is 8.27. The van der Waals surface area contributed by atoms with Gasteiger partial charge in [0.2, 0.25) is 15.0 Å². The summed E-state index contributed by atoms with van der Waals surface area (Å²) >= 11 is 5.98. The fraction of sp³-hybridized carbons (Fsp3) is 0.391. The molecular formula is C23H27ClN4O3S. The molecule has 0 radical (unpaired) electrons. The maximum Gasteiger partial charge on any atom is 0.250 e. The summed E-state index contributed by atoms with van der Waals surface area (Å²) in [7, 11) is -3.73. The van der Waals surface area contributed by atoms with Crippen LogP contribution in [0.2, 0.25) is 5.02 Å². The van der Waals surface area contributed by atoms with Crippen molar-refractivity contribution in [1.82, 2.24) is 14.8 Å². The lowest BCUT2D eigenvalue weighted by Gasteiger charge is -2.18. The molecule has 0 aliphatic carbocycles. The zero-order valence-electron chi connectivity index (χ0n) is 17.9. The summed E-state index contributed by atoms with van der Waals surface area (Å²) in [4.78, 5) is 0. The third kappa shape index (κ3) is 5.38. The largest absolute Gasteiger partial charge is 0.376 e. The monoisotopic (exact) mass is 474 g/mol. The maximum atomic E-state index is 13.3. The summed E-state index contributed by atoms with van der Waals surface area (Å²) < 4.78 is 34.0. The molecule has 4 rings (SSSR count). The van der Waals surface area contributed by atoms with E-state index >= 15 is 0 Å². The van der Waals surface area contributed by atoms with Gasteiger partial charge in [0.25, 0.3) is 0 Å². The van der Waals surface area contributed by atoms with Gasteiger partial charge in [0, 0.05) is 11.6 Å². The van der Waals surface area contributed by atoms with E-state index in [4.69, 9.17) is 22.1 Å². The minimum atomic E-state index is -3.73. The summed E-state index contributed by atoms with van der Waals surface area (Å²) in [5.74, 6) is 0.293. The Morgan fingerprint density at radius 1 is 1.12 bits per heavy atom. The number of halogens is 1. The van der Waals surface area contributed by atoms with Gasteiger partial charge in [-0.05, 0) is 49.4 Å². The van der Waals surface area contributed by atoms with Crippen LogP contribution in [0.1, 0.15) is 41.4 Å². The smallest absolute Gasteiger partial charge is 0.250 e. The van der Waals surface area contributed by atoms with Crippen molar-refractivity contribution in [3.05, 3.63) is 76.1 Å². The van der Waals surface area contributed by atoms with Gasteiger partial charge in [0.05, 0.1) is 24.4 Å². The van der Waals surface area contributed by atoms with Gasteiger partial charge in [-0.3, -0.25) is 4.57 Å². The molecule has 1 aliphatic rings. The van der Waals surface area contributed by atoms with Crippen molar-refractivity contribution in [3.8, 4) is 0 Å². The van der Waals surface area contributed by atoms with E-state index in [2.05, 4.69) is 10.2 Å². The molecule has 1 saturated heterocycles. The van der Waals surface area contributed by atoms with Gasteiger partial charge < -0.3 is 10.5 Å². The molecule has 1 aromatic heterocycles. The summed E-state index contributed by atoms with van der Waals surface area (Å²) in [6.07, 6.45) is 2.21. The summed E-state index contributed by atoms with van der Waals surface area (Å²) in [6, 6.07) is 14.3. The van der Waals surface area contributed by atoms with Crippen molar-refractivity contribution < 1.29 is 13.2 Å². The first-order valence-corrected chi connectivity index (χ1v) is 12.7. The Morgan fingerprint density at radius 3 is 2.47 bits per heavy atom. The molecule has 9 heteroatoms. The summed E-state index contributed by atoms with van der Waals surface area (Å²) in [5.41, 5.74) is 9.23. The number of nitrogens with two attached hydrogens (primary N) is 1. The molecule has 0 bridgehead atoms.